The average Bonchev–Trinajstić information content (AvgIpc) is 2.40. The Kier molecular flexibility index (Phi) is 5.00. The molecule has 0 aliphatic carbocycles. The van der Waals surface area contributed by atoms with Crippen LogP contribution in [0.1, 0.15) is 16.7 Å². The highest BCUT2D eigenvalue weighted by molar-refractivity contribution is 9.10. The number of halogens is 1. The van der Waals surface area contributed by atoms with Gasteiger partial charge in [-0.2, -0.15) is 0 Å². The summed E-state index contributed by atoms with van der Waals surface area (Å²) in [5, 5.41) is 3.18. The monoisotopic (exact) mass is 319 g/mol. The van der Waals surface area contributed by atoms with E-state index in [0.29, 0.717) is 6.61 Å². The van der Waals surface area contributed by atoms with Crippen molar-refractivity contribution < 1.29 is 4.74 Å². The first-order valence-electron chi connectivity index (χ1n) is 6.31. The summed E-state index contributed by atoms with van der Waals surface area (Å²) in [6.45, 7) is 3.51. The highest BCUT2D eigenvalue weighted by Crippen LogP contribution is 2.23. The molecule has 0 saturated carbocycles. The molecule has 0 amide bonds. The van der Waals surface area contributed by atoms with Crippen LogP contribution in [0.4, 0.5) is 0 Å². The molecule has 3 heteroatoms. The summed E-state index contributed by atoms with van der Waals surface area (Å²) < 4.78 is 6.99. The van der Waals surface area contributed by atoms with Crippen molar-refractivity contribution in [2.75, 3.05) is 7.05 Å². The van der Waals surface area contributed by atoms with E-state index in [4.69, 9.17) is 4.74 Å². The maximum Gasteiger partial charge on any atom is 0.122 e. The number of benzene rings is 2. The summed E-state index contributed by atoms with van der Waals surface area (Å²) in [6.07, 6.45) is 0. The van der Waals surface area contributed by atoms with Crippen LogP contribution in [0.5, 0.6) is 5.75 Å². The van der Waals surface area contributed by atoms with E-state index in [-0.39, 0.29) is 0 Å². The zero-order valence-corrected chi connectivity index (χ0v) is 12.8. The normalized spacial score (nSPS) is 10.5. The fourth-order valence-electron chi connectivity index (χ4n) is 1.99. The van der Waals surface area contributed by atoms with E-state index in [1.54, 1.807) is 0 Å². The molecule has 0 heterocycles. The molecule has 0 aliphatic rings. The molecular formula is C16H18BrNO. The van der Waals surface area contributed by atoms with Crippen molar-refractivity contribution in [3.8, 4) is 5.75 Å². The van der Waals surface area contributed by atoms with Gasteiger partial charge in [0.1, 0.15) is 12.4 Å². The molecular weight excluding hydrogens is 302 g/mol. The lowest BCUT2D eigenvalue weighted by Gasteiger charge is -2.12. The Morgan fingerprint density at radius 1 is 1.11 bits per heavy atom. The predicted molar refractivity (Wildman–Crippen MR) is 82.4 cm³/mol. The molecule has 2 nitrogen and oxygen atoms in total. The second-order valence-electron chi connectivity index (χ2n) is 4.50. The van der Waals surface area contributed by atoms with Gasteiger partial charge in [-0.15, -0.1) is 0 Å². The van der Waals surface area contributed by atoms with Crippen molar-refractivity contribution in [3.05, 3.63) is 63.6 Å². The van der Waals surface area contributed by atoms with Crippen LogP contribution < -0.4 is 10.1 Å². The van der Waals surface area contributed by atoms with E-state index in [2.05, 4.69) is 52.4 Å². The third kappa shape index (κ3) is 3.82. The third-order valence-corrected chi connectivity index (χ3v) is 3.50. The van der Waals surface area contributed by atoms with E-state index < -0.39 is 0 Å². The first kappa shape index (κ1) is 14.1. The van der Waals surface area contributed by atoms with E-state index in [1.165, 1.54) is 11.1 Å². The van der Waals surface area contributed by atoms with Gasteiger partial charge in [0, 0.05) is 11.0 Å². The summed E-state index contributed by atoms with van der Waals surface area (Å²) in [6, 6.07) is 14.4. The predicted octanol–water partition coefficient (Wildman–Crippen LogP) is 4.06. The van der Waals surface area contributed by atoms with Gasteiger partial charge in [0.2, 0.25) is 0 Å². The first-order valence-corrected chi connectivity index (χ1v) is 7.10. The zero-order chi connectivity index (χ0) is 13.7. The molecule has 100 valence electrons. The first-order chi connectivity index (χ1) is 9.20. The third-order valence-electron chi connectivity index (χ3n) is 3.01. The fourth-order valence-corrected chi connectivity index (χ4v) is 2.47. The van der Waals surface area contributed by atoms with Gasteiger partial charge in [0.15, 0.2) is 0 Å². The van der Waals surface area contributed by atoms with Crippen molar-refractivity contribution in [2.45, 2.75) is 20.1 Å². The quantitative estimate of drug-likeness (QED) is 0.897. The van der Waals surface area contributed by atoms with E-state index >= 15 is 0 Å². The smallest absolute Gasteiger partial charge is 0.122 e. The van der Waals surface area contributed by atoms with Gasteiger partial charge < -0.3 is 10.1 Å². The van der Waals surface area contributed by atoms with E-state index in [0.717, 1.165) is 22.3 Å². The molecule has 2 aromatic rings. The molecule has 0 aliphatic heterocycles. The Balaban J connectivity index is 2.10. The molecule has 2 rings (SSSR count). The van der Waals surface area contributed by atoms with Crippen LogP contribution in [0.25, 0.3) is 0 Å². The second-order valence-corrected chi connectivity index (χ2v) is 5.41. The maximum absolute atomic E-state index is 5.92. The van der Waals surface area contributed by atoms with Crippen molar-refractivity contribution in [1.29, 1.82) is 0 Å². The molecule has 0 fully saturated rings. The molecule has 0 atom stereocenters. The topological polar surface area (TPSA) is 21.3 Å². The molecule has 2 aromatic carbocycles. The molecule has 1 N–H and O–H groups in total. The van der Waals surface area contributed by atoms with Crippen molar-refractivity contribution in [2.24, 2.45) is 0 Å². The van der Waals surface area contributed by atoms with Crippen molar-refractivity contribution in [3.63, 3.8) is 0 Å². The van der Waals surface area contributed by atoms with Crippen LogP contribution in [0, 0.1) is 6.92 Å². The highest BCUT2D eigenvalue weighted by Gasteiger charge is 2.04. The summed E-state index contributed by atoms with van der Waals surface area (Å²) in [4.78, 5) is 0. The van der Waals surface area contributed by atoms with Gasteiger partial charge in [-0.05, 0) is 48.9 Å². The second kappa shape index (κ2) is 6.73. The van der Waals surface area contributed by atoms with Crippen LogP contribution in [0.15, 0.2) is 46.9 Å². The lowest BCUT2D eigenvalue weighted by molar-refractivity contribution is 0.302. The number of hydrogen-bond donors (Lipinski definition) is 1. The SMILES string of the molecule is CNCc1ccccc1COc1ccc(Br)cc1C. The van der Waals surface area contributed by atoms with Crippen LogP contribution >= 0.6 is 15.9 Å². The van der Waals surface area contributed by atoms with Gasteiger partial charge in [0.25, 0.3) is 0 Å². The van der Waals surface area contributed by atoms with Crippen molar-refractivity contribution >= 4 is 15.9 Å². The summed E-state index contributed by atoms with van der Waals surface area (Å²) in [5.74, 6) is 0.933. The van der Waals surface area contributed by atoms with Crippen LogP contribution in [-0.2, 0) is 13.2 Å². The van der Waals surface area contributed by atoms with Gasteiger partial charge in [-0.3, -0.25) is 0 Å². The maximum atomic E-state index is 5.92. The van der Waals surface area contributed by atoms with Gasteiger partial charge >= 0.3 is 0 Å². The Labute approximate surface area is 122 Å². The van der Waals surface area contributed by atoms with Crippen LogP contribution in [-0.4, -0.2) is 7.05 Å². The Morgan fingerprint density at radius 2 is 1.84 bits per heavy atom. The molecule has 0 radical (unpaired) electrons. The number of hydrogen-bond acceptors (Lipinski definition) is 2. The molecule has 0 saturated heterocycles. The van der Waals surface area contributed by atoms with Gasteiger partial charge in [-0.1, -0.05) is 40.2 Å². The largest absolute Gasteiger partial charge is 0.489 e. The lowest BCUT2D eigenvalue weighted by Crippen LogP contribution is -2.09. The van der Waals surface area contributed by atoms with Gasteiger partial charge in [0.05, 0.1) is 0 Å². The lowest BCUT2D eigenvalue weighted by atomic mass is 10.1. The number of nitrogens with one attached hydrogen (secondary N) is 1. The average molecular weight is 320 g/mol. The Bertz CT molecular complexity index is 554. The number of aryl methyl sites for hydroxylation is 1. The molecule has 0 aromatic heterocycles. The van der Waals surface area contributed by atoms with Crippen LogP contribution in [0.3, 0.4) is 0 Å². The van der Waals surface area contributed by atoms with E-state index in [9.17, 15) is 0 Å². The molecule has 0 spiro atoms. The van der Waals surface area contributed by atoms with Crippen molar-refractivity contribution in [1.82, 2.24) is 5.32 Å². The fraction of sp³-hybridized carbons (Fsp3) is 0.250. The highest BCUT2D eigenvalue weighted by atomic mass is 79.9. The van der Waals surface area contributed by atoms with E-state index in [1.807, 2.05) is 25.2 Å². The standard InChI is InChI=1S/C16H18BrNO/c1-12-9-15(17)7-8-16(12)19-11-14-6-4-3-5-13(14)10-18-2/h3-9,18H,10-11H2,1-2H3. The van der Waals surface area contributed by atoms with Gasteiger partial charge in [-0.25, -0.2) is 0 Å². The Hall–Kier alpha value is -1.32. The summed E-state index contributed by atoms with van der Waals surface area (Å²) >= 11 is 3.46. The minimum Gasteiger partial charge on any atom is -0.489 e. The Morgan fingerprint density at radius 3 is 2.53 bits per heavy atom. The number of rotatable bonds is 5. The minimum absolute atomic E-state index is 0.598. The molecule has 19 heavy (non-hydrogen) atoms. The minimum atomic E-state index is 0.598. The molecule has 0 unspecified atom stereocenters. The summed E-state index contributed by atoms with van der Waals surface area (Å²) in [7, 11) is 1.95. The summed E-state index contributed by atoms with van der Waals surface area (Å²) in [5.41, 5.74) is 3.64. The molecule has 0 bridgehead atoms. The van der Waals surface area contributed by atoms with Crippen LogP contribution in [0.2, 0.25) is 0 Å². The number of ether oxygens (including phenoxy) is 1. The zero-order valence-electron chi connectivity index (χ0n) is 11.2.